The zero-order valence-corrected chi connectivity index (χ0v) is 14.0. The molecule has 0 saturated carbocycles. The second kappa shape index (κ2) is 7.29. The summed E-state index contributed by atoms with van der Waals surface area (Å²) in [7, 11) is 1.42. The lowest BCUT2D eigenvalue weighted by molar-refractivity contribution is -0.140. The molecule has 2 amide bonds. The third-order valence-corrected chi connectivity index (χ3v) is 3.47. The summed E-state index contributed by atoms with van der Waals surface area (Å²) in [6.45, 7) is 3.03. The van der Waals surface area contributed by atoms with Crippen molar-refractivity contribution in [3.63, 3.8) is 0 Å². The lowest BCUT2D eigenvalue weighted by Crippen LogP contribution is -2.32. The Morgan fingerprint density at radius 2 is 1.64 bits per heavy atom. The lowest BCUT2D eigenvalue weighted by atomic mass is 10.1. The van der Waals surface area contributed by atoms with Crippen molar-refractivity contribution in [3.05, 3.63) is 53.6 Å². The molecule has 2 rings (SSSR count). The van der Waals surface area contributed by atoms with Crippen molar-refractivity contribution in [3.8, 4) is 5.75 Å². The Labute approximate surface area is 144 Å². The molecule has 0 aliphatic carbocycles. The summed E-state index contributed by atoms with van der Waals surface area (Å²) in [5.41, 5.74) is 0.641. The van der Waals surface area contributed by atoms with Gasteiger partial charge in [0.05, 0.1) is 18.5 Å². The summed E-state index contributed by atoms with van der Waals surface area (Å²) in [5, 5.41) is 4.69. The van der Waals surface area contributed by atoms with Gasteiger partial charge in [-0.1, -0.05) is 6.07 Å². The highest BCUT2D eigenvalue weighted by molar-refractivity contribution is 6.02. The van der Waals surface area contributed by atoms with E-state index in [2.05, 4.69) is 10.6 Å². The van der Waals surface area contributed by atoms with Crippen molar-refractivity contribution in [2.24, 2.45) is 0 Å². The molecule has 0 atom stereocenters. The van der Waals surface area contributed by atoms with E-state index in [1.165, 1.54) is 38.3 Å². The molecule has 0 aliphatic heterocycles. The maximum Gasteiger partial charge on any atom is 0.350 e. The van der Waals surface area contributed by atoms with Crippen LogP contribution in [0.2, 0.25) is 0 Å². The monoisotopic (exact) mass is 348 g/mol. The molecule has 0 spiro atoms. The first kappa shape index (κ1) is 18.4. The number of carbonyl (C=O) groups excluding carboxylic acids is 2. The molecule has 0 heterocycles. The second-order valence-electron chi connectivity index (χ2n) is 5.49. The quantitative estimate of drug-likeness (QED) is 0.866. The Kier molecular flexibility index (Phi) is 5.36. The van der Waals surface area contributed by atoms with E-state index in [0.717, 1.165) is 17.7 Å². The highest BCUT2D eigenvalue weighted by Gasteiger charge is 2.41. The van der Waals surface area contributed by atoms with Crippen molar-refractivity contribution in [2.45, 2.75) is 19.8 Å². The maximum absolute atomic E-state index is 14.4. The molecule has 0 fully saturated rings. The van der Waals surface area contributed by atoms with Crippen LogP contribution in [0, 0.1) is 6.92 Å². The number of halogens is 2. The second-order valence-corrected chi connectivity index (χ2v) is 5.49. The predicted molar refractivity (Wildman–Crippen MR) is 91.0 cm³/mol. The summed E-state index contributed by atoms with van der Waals surface area (Å²) in [6, 6.07) is 9.71. The minimum Gasteiger partial charge on any atom is -0.497 e. The van der Waals surface area contributed by atoms with Gasteiger partial charge >= 0.3 is 5.92 Å². The molecule has 7 heteroatoms. The van der Waals surface area contributed by atoms with Crippen LogP contribution in [0.5, 0.6) is 5.75 Å². The van der Waals surface area contributed by atoms with Crippen molar-refractivity contribution >= 4 is 23.2 Å². The topological polar surface area (TPSA) is 67.4 Å². The van der Waals surface area contributed by atoms with Gasteiger partial charge in [0.1, 0.15) is 5.75 Å². The molecule has 132 valence electrons. The van der Waals surface area contributed by atoms with Crippen molar-refractivity contribution in [1.29, 1.82) is 0 Å². The van der Waals surface area contributed by atoms with Crippen LogP contribution in [-0.2, 0) is 15.5 Å². The van der Waals surface area contributed by atoms with Gasteiger partial charge in [-0.2, -0.15) is 8.78 Å². The van der Waals surface area contributed by atoms with Crippen LogP contribution in [0.15, 0.2) is 42.5 Å². The van der Waals surface area contributed by atoms with Gasteiger partial charge in [-0.3, -0.25) is 9.59 Å². The first-order valence-corrected chi connectivity index (χ1v) is 7.46. The summed E-state index contributed by atoms with van der Waals surface area (Å²) in [6.07, 6.45) is 0. The van der Waals surface area contributed by atoms with E-state index in [-0.39, 0.29) is 17.3 Å². The number of rotatable bonds is 5. The minimum atomic E-state index is -3.75. The zero-order chi connectivity index (χ0) is 18.6. The molecule has 5 nitrogen and oxygen atoms in total. The van der Waals surface area contributed by atoms with Gasteiger partial charge in [0.15, 0.2) is 0 Å². The Balaban J connectivity index is 2.28. The van der Waals surface area contributed by atoms with Crippen LogP contribution < -0.4 is 15.4 Å². The Morgan fingerprint density at radius 3 is 2.20 bits per heavy atom. The molecule has 0 aromatic heterocycles. The van der Waals surface area contributed by atoms with E-state index in [1.54, 1.807) is 13.0 Å². The molecule has 0 aliphatic rings. The van der Waals surface area contributed by atoms with E-state index in [0.29, 0.717) is 5.75 Å². The number of carbonyl (C=O) groups is 2. The fourth-order valence-electron chi connectivity index (χ4n) is 2.19. The van der Waals surface area contributed by atoms with Gasteiger partial charge in [-0.25, -0.2) is 0 Å². The average Bonchev–Trinajstić information content (AvgIpc) is 2.57. The van der Waals surface area contributed by atoms with E-state index < -0.39 is 17.4 Å². The van der Waals surface area contributed by atoms with Gasteiger partial charge in [0.2, 0.25) is 5.91 Å². The van der Waals surface area contributed by atoms with Crippen LogP contribution >= 0.6 is 0 Å². The number of hydrogen-bond acceptors (Lipinski definition) is 3. The van der Waals surface area contributed by atoms with Gasteiger partial charge in [0.25, 0.3) is 5.91 Å². The Morgan fingerprint density at radius 1 is 1.00 bits per heavy atom. The number of hydrogen-bond donors (Lipinski definition) is 2. The molecular formula is C18H18F2N2O3. The fourth-order valence-corrected chi connectivity index (χ4v) is 2.19. The number of amides is 2. The van der Waals surface area contributed by atoms with Gasteiger partial charge in [-0.05, 0) is 48.9 Å². The number of methoxy groups -OCH3 is 1. The number of ether oxygens (including phenoxy) is 1. The zero-order valence-electron chi connectivity index (χ0n) is 14.0. The SMILES string of the molecule is COc1ccc(C(F)(F)C(=O)Nc2cc(C)ccc2NC(C)=O)cc1. The maximum atomic E-state index is 14.4. The van der Waals surface area contributed by atoms with Crippen LogP contribution in [0.1, 0.15) is 18.1 Å². The summed E-state index contributed by atoms with van der Waals surface area (Å²) < 4.78 is 33.8. The fraction of sp³-hybridized carbons (Fsp3) is 0.222. The Bertz CT molecular complexity index is 789. The van der Waals surface area contributed by atoms with Gasteiger partial charge < -0.3 is 15.4 Å². The number of alkyl halides is 2. The molecule has 0 bridgehead atoms. The molecular weight excluding hydrogens is 330 g/mol. The van der Waals surface area contributed by atoms with Crippen LogP contribution in [0.3, 0.4) is 0 Å². The van der Waals surface area contributed by atoms with Crippen LogP contribution in [-0.4, -0.2) is 18.9 Å². The molecule has 0 saturated heterocycles. The van der Waals surface area contributed by atoms with Gasteiger partial charge in [-0.15, -0.1) is 0 Å². The molecule has 2 N–H and O–H groups in total. The summed E-state index contributed by atoms with van der Waals surface area (Å²) >= 11 is 0. The number of aryl methyl sites for hydroxylation is 1. The van der Waals surface area contributed by atoms with E-state index >= 15 is 0 Å². The molecule has 2 aromatic carbocycles. The van der Waals surface area contributed by atoms with E-state index in [1.807, 2.05) is 0 Å². The summed E-state index contributed by atoms with van der Waals surface area (Å²) in [5.74, 6) is -5.20. The molecule has 0 radical (unpaired) electrons. The normalized spacial score (nSPS) is 10.9. The first-order valence-electron chi connectivity index (χ1n) is 7.46. The van der Waals surface area contributed by atoms with Crippen molar-refractivity contribution in [1.82, 2.24) is 0 Å². The van der Waals surface area contributed by atoms with E-state index in [9.17, 15) is 18.4 Å². The van der Waals surface area contributed by atoms with Gasteiger partial charge in [0, 0.05) is 12.5 Å². The number of benzene rings is 2. The van der Waals surface area contributed by atoms with Crippen molar-refractivity contribution < 1.29 is 23.1 Å². The summed E-state index contributed by atoms with van der Waals surface area (Å²) in [4.78, 5) is 23.4. The van der Waals surface area contributed by atoms with Crippen molar-refractivity contribution in [2.75, 3.05) is 17.7 Å². The highest BCUT2D eigenvalue weighted by Crippen LogP contribution is 2.32. The lowest BCUT2D eigenvalue weighted by Gasteiger charge is -2.18. The molecule has 2 aromatic rings. The smallest absolute Gasteiger partial charge is 0.350 e. The molecule has 25 heavy (non-hydrogen) atoms. The number of anilines is 2. The van der Waals surface area contributed by atoms with E-state index in [4.69, 9.17) is 4.74 Å². The number of nitrogens with one attached hydrogen (secondary N) is 2. The largest absolute Gasteiger partial charge is 0.497 e. The highest BCUT2D eigenvalue weighted by atomic mass is 19.3. The Hall–Kier alpha value is -2.96. The average molecular weight is 348 g/mol. The molecule has 0 unspecified atom stereocenters. The third kappa shape index (κ3) is 4.32. The predicted octanol–water partition coefficient (Wildman–Crippen LogP) is 3.69. The third-order valence-electron chi connectivity index (χ3n) is 3.47. The first-order chi connectivity index (χ1) is 11.7. The van der Waals surface area contributed by atoms with Crippen LogP contribution in [0.25, 0.3) is 0 Å². The van der Waals surface area contributed by atoms with Crippen LogP contribution in [0.4, 0.5) is 20.2 Å². The standard InChI is InChI=1S/C18H18F2N2O3/c1-11-4-9-15(21-12(2)23)16(10-11)22-17(24)18(19,20)13-5-7-14(25-3)8-6-13/h4-10H,1-3H3,(H,21,23)(H,22,24). The minimum absolute atomic E-state index is 0.105.